The predicted octanol–water partition coefficient (Wildman–Crippen LogP) is 2.85. The van der Waals surface area contributed by atoms with Crippen LogP contribution in [-0.4, -0.2) is 22.8 Å². The van der Waals surface area contributed by atoms with E-state index in [-0.39, 0.29) is 5.97 Å². The Morgan fingerprint density at radius 2 is 2.00 bits per heavy atom. The van der Waals surface area contributed by atoms with Gasteiger partial charge in [0, 0.05) is 0 Å². The molecule has 0 radical (unpaired) electrons. The van der Waals surface area contributed by atoms with Gasteiger partial charge in [-0.1, -0.05) is 13.8 Å². The predicted molar refractivity (Wildman–Crippen MR) is 64.1 cm³/mol. The van der Waals surface area contributed by atoms with Gasteiger partial charge >= 0.3 is 5.97 Å². The first-order valence-electron chi connectivity index (χ1n) is 5.06. The molecule has 0 saturated carbocycles. The molecule has 0 aromatic rings. The molecule has 0 heterocycles. The van der Waals surface area contributed by atoms with E-state index in [0.29, 0.717) is 12.3 Å². The van der Waals surface area contributed by atoms with Crippen LogP contribution in [0.5, 0.6) is 0 Å². The largest absolute Gasteiger partial charge is 0.458 e. The zero-order chi connectivity index (χ0) is 12.1. The van der Waals surface area contributed by atoms with Gasteiger partial charge in [0.2, 0.25) is 0 Å². The summed E-state index contributed by atoms with van der Waals surface area (Å²) >= 11 is 4.52. The molecule has 0 saturated heterocycles. The molecule has 0 aliphatic rings. The monoisotopic (exact) mass is 229 g/mol. The van der Waals surface area contributed by atoms with Crippen molar-refractivity contribution >= 4 is 23.3 Å². The van der Waals surface area contributed by atoms with E-state index in [0.717, 1.165) is 0 Å². The maximum atomic E-state index is 11.7. The van der Waals surface area contributed by atoms with Crippen LogP contribution in [0.2, 0.25) is 0 Å². The molecule has 4 heteroatoms. The van der Waals surface area contributed by atoms with Crippen LogP contribution in [0, 0.1) is 5.92 Å². The average molecular weight is 229 g/mol. The summed E-state index contributed by atoms with van der Waals surface area (Å²) in [5, 5.41) is 2.25. The zero-order valence-electron chi connectivity index (χ0n) is 10.0. The van der Waals surface area contributed by atoms with Gasteiger partial charge in [0.25, 0.3) is 0 Å². The summed E-state index contributed by atoms with van der Waals surface area (Å²) in [6.07, 6.45) is 0.637. The minimum Gasteiger partial charge on any atom is -0.458 e. The molecule has 0 N–H and O–H groups in total. The van der Waals surface area contributed by atoms with Crippen LogP contribution >= 0.6 is 12.2 Å². The molecule has 86 valence electrons. The number of carbonyl (C=O) groups is 1. The summed E-state index contributed by atoms with van der Waals surface area (Å²) in [6.45, 7) is 9.54. The Balaban J connectivity index is 4.49. The lowest BCUT2D eigenvalue weighted by molar-refractivity contribution is -0.156. The molecule has 15 heavy (non-hydrogen) atoms. The van der Waals surface area contributed by atoms with Gasteiger partial charge in [-0.3, -0.25) is 0 Å². The Labute approximate surface area is 96.9 Å². The van der Waals surface area contributed by atoms with E-state index in [4.69, 9.17) is 4.74 Å². The van der Waals surface area contributed by atoms with Crippen molar-refractivity contribution in [3.63, 3.8) is 0 Å². The van der Waals surface area contributed by atoms with Gasteiger partial charge in [-0.2, -0.15) is 0 Å². The lowest BCUT2D eigenvalue weighted by Gasteiger charge is -2.22. The topological polar surface area (TPSA) is 38.7 Å². The molecule has 0 aliphatic carbocycles. The van der Waals surface area contributed by atoms with Crippen molar-refractivity contribution in [2.75, 3.05) is 0 Å². The van der Waals surface area contributed by atoms with E-state index in [1.54, 1.807) is 0 Å². The molecule has 0 amide bonds. The zero-order valence-corrected chi connectivity index (χ0v) is 10.9. The fraction of sp³-hybridized carbons (Fsp3) is 0.818. The van der Waals surface area contributed by atoms with Crippen molar-refractivity contribution in [2.24, 2.45) is 10.9 Å². The molecule has 0 unspecified atom stereocenters. The van der Waals surface area contributed by atoms with Crippen molar-refractivity contribution < 1.29 is 9.53 Å². The highest BCUT2D eigenvalue weighted by Crippen LogP contribution is 2.14. The van der Waals surface area contributed by atoms with Crippen LogP contribution in [0.25, 0.3) is 0 Å². The highest BCUT2D eigenvalue weighted by molar-refractivity contribution is 7.78. The summed E-state index contributed by atoms with van der Waals surface area (Å²) in [5.41, 5.74) is -0.483. The van der Waals surface area contributed by atoms with E-state index in [1.165, 1.54) is 0 Å². The first-order valence-corrected chi connectivity index (χ1v) is 5.47. The average Bonchev–Trinajstić information content (AvgIpc) is 1.99. The lowest BCUT2D eigenvalue weighted by Crippen LogP contribution is -2.31. The number of nitrogens with zero attached hydrogens (tertiary/aromatic N) is 1. The summed E-state index contributed by atoms with van der Waals surface area (Å²) in [7, 11) is 0. The van der Waals surface area contributed by atoms with E-state index in [1.807, 2.05) is 34.6 Å². The molecule has 3 nitrogen and oxygen atoms in total. The van der Waals surface area contributed by atoms with Gasteiger partial charge in [0.1, 0.15) is 5.60 Å². The van der Waals surface area contributed by atoms with Gasteiger partial charge < -0.3 is 4.74 Å². The van der Waals surface area contributed by atoms with Crippen molar-refractivity contribution in [3.05, 3.63) is 0 Å². The third-order valence-corrected chi connectivity index (χ3v) is 1.69. The Kier molecular flexibility index (Phi) is 5.69. The number of thiocarbonyl (C=S) groups is 1. The molecule has 1 atom stereocenters. The molecule has 0 bridgehead atoms. The van der Waals surface area contributed by atoms with Gasteiger partial charge in [-0.05, 0) is 45.3 Å². The molecule has 0 aromatic heterocycles. The third-order valence-electron chi connectivity index (χ3n) is 1.58. The molecule has 0 rings (SSSR count). The van der Waals surface area contributed by atoms with Crippen LogP contribution < -0.4 is 0 Å². The second kappa shape index (κ2) is 5.99. The summed E-state index contributed by atoms with van der Waals surface area (Å²) in [5.74, 6) is 0.0446. The van der Waals surface area contributed by atoms with Crippen molar-refractivity contribution in [2.45, 2.75) is 52.7 Å². The van der Waals surface area contributed by atoms with Gasteiger partial charge in [-0.25, -0.2) is 9.79 Å². The number of hydrogen-bond acceptors (Lipinski definition) is 4. The lowest BCUT2D eigenvalue weighted by atomic mass is 10.0. The first kappa shape index (κ1) is 14.3. The van der Waals surface area contributed by atoms with Crippen LogP contribution in [0.3, 0.4) is 0 Å². The maximum Gasteiger partial charge on any atom is 0.332 e. The number of isothiocyanates is 1. The number of hydrogen-bond donors (Lipinski definition) is 0. The molecule has 0 aliphatic heterocycles. The van der Waals surface area contributed by atoms with E-state index in [2.05, 4.69) is 22.4 Å². The number of esters is 1. The molecular weight excluding hydrogens is 210 g/mol. The smallest absolute Gasteiger partial charge is 0.332 e. The fourth-order valence-corrected chi connectivity index (χ4v) is 1.21. The first-order chi connectivity index (χ1) is 6.76. The van der Waals surface area contributed by atoms with E-state index >= 15 is 0 Å². The maximum absolute atomic E-state index is 11.7. The van der Waals surface area contributed by atoms with Crippen LogP contribution in [0.1, 0.15) is 41.0 Å². The summed E-state index contributed by atoms with van der Waals surface area (Å²) in [4.78, 5) is 15.5. The van der Waals surface area contributed by atoms with Crippen LogP contribution in [-0.2, 0) is 9.53 Å². The number of aliphatic imine (C=N–C) groups is 1. The SMILES string of the molecule is CC(C)C[C@@H](N=C=S)C(=O)OC(C)(C)C. The molecule has 0 aromatic carbocycles. The summed E-state index contributed by atoms with van der Waals surface area (Å²) < 4.78 is 5.23. The van der Waals surface area contributed by atoms with Crippen molar-refractivity contribution in [3.8, 4) is 0 Å². The Morgan fingerprint density at radius 3 is 2.33 bits per heavy atom. The second-order valence-electron chi connectivity index (χ2n) is 4.90. The minimum atomic E-state index is -0.512. The van der Waals surface area contributed by atoms with E-state index in [9.17, 15) is 4.79 Å². The number of rotatable bonds is 4. The number of ether oxygens (including phenoxy) is 1. The molecule has 0 fully saturated rings. The van der Waals surface area contributed by atoms with Gasteiger partial charge in [-0.15, -0.1) is 0 Å². The Hall–Kier alpha value is -0.730. The quantitative estimate of drug-likeness (QED) is 0.423. The van der Waals surface area contributed by atoms with E-state index < -0.39 is 11.6 Å². The second-order valence-corrected chi connectivity index (χ2v) is 5.08. The third kappa shape index (κ3) is 7.23. The highest BCUT2D eigenvalue weighted by Gasteiger charge is 2.25. The summed E-state index contributed by atoms with van der Waals surface area (Å²) in [6, 6.07) is -0.512. The van der Waals surface area contributed by atoms with Crippen molar-refractivity contribution in [1.29, 1.82) is 0 Å². The van der Waals surface area contributed by atoms with Crippen LogP contribution in [0.15, 0.2) is 4.99 Å². The van der Waals surface area contributed by atoms with Gasteiger partial charge in [0.15, 0.2) is 6.04 Å². The standard InChI is InChI=1S/C11H19NO2S/c1-8(2)6-9(12-7-15)10(13)14-11(3,4)5/h8-9H,6H2,1-5H3/t9-/m1/s1. The Morgan fingerprint density at radius 1 is 1.47 bits per heavy atom. The fourth-order valence-electron chi connectivity index (χ4n) is 1.08. The van der Waals surface area contributed by atoms with Gasteiger partial charge in [0.05, 0.1) is 5.16 Å². The Bertz CT molecular complexity index is 262. The van der Waals surface area contributed by atoms with Crippen LogP contribution in [0.4, 0.5) is 0 Å². The highest BCUT2D eigenvalue weighted by atomic mass is 32.1. The minimum absolute atomic E-state index is 0.325. The van der Waals surface area contributed by atoms with Crippen molar-refractivity contribution in [1.82, 2.24) is 0 Å². The normalized spacial score (nSPS) is 13.2. The molecule has 0 spiro atoms. The molecular formula is C11H19NO2S. The number of carbonyl (C=O) groups excluding carboxylic acids is 1.